The number of piperidine rings is 2. The van der Waals surface area contributed by atoms with Crippen molar-refractivity contribution in [1.29, 1.82) is 0 Å². The summed E-state index contributed by atoms with van der Waals surface area (Å²) in [6.45, 7) is 3.11. The molecular weight excluding hydrogens is 340 g/mol. The fraction of sp³-hybridized carbons (Fsp3) is 0.700. The van der Waals surface area contributed by atoms with Crippen molar-refractivity contribution < 1.29 is 4.79 Å². The number of fused-ring (bicyclic) bond motifs is 1. The van der Waals surface area contributed by atoms with Crippen molar-refractivity contribution in [3.63, 3.8) is 0 Å². The quantitative estimate of drug-likeness (QED) is 0.828. The van der Waals surface area contributed by atoms with Crippen LogP contribution in [0.3, 0.4) is 0 Å². The maximum Gasteiger partial charge on any atom is 0.222 e. The summed E-state index contributed by atoms with van der Waals surface area (Å²) in [6.07, 6.45) is 7.56. The predicted molar refractivity (Wildman–Crippen MR) is 102 cm³/mol. The minimum atomic E-state index is 0.300. The van der Waals surface area contributed by atoms with Crippen LogP contribution in [0.5, 0.6) is 0 Å². The van der Waals surface area contributed by atoms with Gasteiger partial charge in [-0.3, -0.25) is 4.79 Å². The SMILES string of the molecule is CN1C(=O)CCCC1CN1CCC(c2nnc3ccc(C4CC4)nn23)CC1. The average molecular weight is 368 g/mol. The fourth-order valence-corrected chi connectivity index (χ4v) is 4.62. The Labute approximate surface area is 159 Å². The van der Waals surface area contributed by atoms with E-state index in [4.69, 9.17) is 5.10 Å². The van der Waals surface area contributed by atoms with Gasteiger partial charge in [0, 0.05) is 37.9 Å². The highest BCUT2D eigenvalue weighted by Gasteiger charge is 2.31. The van der Waals surface area contributed by atoms with Crippen molar-refractivity contribution in [2.24, 2.45) is 0 Å². The lowest BCUT2D eigenvalue weighted by atomic mass is 9.94. The molecule has 5 rings (SSSR count). The van der Waals surface area contributed by atoms with E-state index in [1.807, 2.05) is 16.5 Å². The Hall–Kier alpha value is -2.02. The molecule has 3 aliphatic rings. The molecule has 0 aromatic carbocycles. The molecule has 3 fully saturated rings. The van der Waals surface area contributed by atoms with E-state index in [9.17, 15) is 4.79 Å². The maximum atomic E-state index is 11.9. The number of likely N-dealkylation sites (tertiary alicyclic amines) is 2. The van der Waals surface area contributed by atoms with Gasteiger partial charge in [0.1, 0.15) is 0 Å². The lowest BCUT2D eigenvalue weighted by Crippen LogP contribution is -2.48. The number of carbonyl (C=O) groups is 1. The molecule has 1 amide bonds. The summed E-state index contributed by atoms with van der Waals surface area (Å²) in [6, 6.07) is 4.54. The highest BCUT2D eigenvalue weighted by atomic mass is 16.2. The molecule has 0 bridgehead atoms. The van der Waals surface area contributed by atoms with Gasteiger partial charge in [0.05, 0.1) is 5.69 Å². The van der Waals surface area contributed by atoms with Gasteiger partial charge in [0.25, 0.3) is 0 Å². The molecule has 1 aliphatic carbocycles. The normalized spacial score (nSPS) is 25.4. The topological polar surface area (TPSA) is 66.6 Å². The van der Waals surface area contributed by atoms with E-state index in [0.717, 1.165) is 56.8 Å². The molecule has 2 aromatic heterocycles. The van der Waals surface area contributed by atoms with Crippen LogP contribution in [0.2, 0.25) is 0 Å². The number of aromatic nitrogens is 4. The van der Waals surface area contributed by atoms with Crippen molar-refractivity contribution in [2.75, 3.05) is 26.7 Å². The van der Waals surface area contributed by atoms with Crippen molar-refractivity contribution in [1.82, 2.24) is 29.6 Å². The minimum absolute atomic E-state index is 0.300. The molecule has 0 spiro atoms. The van der Waals surface area contributed by atoms with Crippen LogP contribution in [0.15, 0.2) is 12.1 Å². The monoisotopic (exact) mass is 368 g/mol. The Morgan fingerprint density at radius 2 is 1.85 bits per heavy atom. The highest BCUT2D eigenvalue weighted by molar-refractivity contribution is 5.76. The number of rotatable bonds is 4. The number of hydrogen-bond donors (Lipinski definition) is 0. The van der Waals surface area contributed by atoms with E-state index in [2.05, 4.69) is 27.2 Å². The Morgan fingerprint density at radius 3 is 2.63 bits per heavy atom. The zero-order valence-corrected chi connectivity index (χ0v) is 16.0. The molecular formula is C20H28N6O. The Bertz CT molecular complexity index is 836. The Kier molecular flexibility index (Phi) is 4.34. The second-order valence-electron chi connectivity index (χ2n) is 8.49. The molecule has 0 radical (unpaired) electrons. The van der Waals surface area contributed by atoms with Crippen LogP contribution in [0, 0.1) is 0 Å². The average Bonchev–Trinajstić information content (AvgIpc) is 3.46. The molecule has 0 N–H and O–H groups in total. The first-order chi connectivity index (χ1) is 13.2. The fourth-order valence-electron chi connectivity index (χ4n) is 4.62. The van der Waals surface area contributed by atoms with Crippen LogP contribution in [-0.4, -0.2) is 68.2 Å². The first kappa shape index (κ1) is 17.1. The number of amides is 1. The van der Waals surface area contributed by atoms with Gasteiger partial charge in [-0.25, -0.2) is 0 Å². The predicted octanol–water partition coefficient (Wildman–Crippen LogP) is 2.19. The minimum Gasteiger partial charge on any atom is -0.341 e. The van der Waals surface area contributed by atoms with Gasteiger partial charge in [-0.15, -0.1) is 10.2 Å². The largest absolute Gasteiger partial charge is 0.341 e. The van der Waals surface area contributed by atoms with E-state index < -0.39 is 0 Å². The van der Waals surface area contributed by atoms with Gasteiger partial charge in [-0.05, 0) is 63.7 Å². The molecule has 144 valence electrons. The maximum absolute atomic E-state index is 11.9. The molecule has 2 saturated heterocycles. The van der Waals surface area contributed by atoms with Gasteiger partial charge in [0.2, 0.25) is 5.91 Å². The zero-order valence-electron chi connectivity index (χ0n) is 16.0. The third kappa shape index (κ3) is 3.33. The van der Waals surface area contributed by atoms with E-state index >= 15 is 0 Å². The van der Waals surface area contributed by atoms with Crippen molar-refractivity contribution in [3.8, 4) is 0 Å². The van der Waals surface area contributed by atoms with Gasteiger partial charge >= 0.3 is 0 Å². The van der Waals surface area contributed by atoms with Gasteiger partial charge < -0.3 is 9.80 Å². The molecule has 1 unspecified atom stereocenters. The number of likely N-dealkylation sites (N-methyl/N-ethyl adjacent to an activating group) is 1. The van der Waals surface area contributed by atoms with Crippen molar-refractivity contribution in [2.45, 2.75) is 62.8 Å². The van der Waals surface area contributed by atoms with Crippen LogP contribution in [0.4, 0.5) is 0 Å². The van der Waals surface area contributed by atoms with Crippen LogP contribution in [0.1, 0.15) is 68.3 Å². The second-order valence-corrected chi connectivity index (χ2v) is 8.49. The lowest BCUT2D eigenvalue weighted by Gasteiger charge is -2.38. The van der Waals surface area contributed by atoms with Gasteiger partial charge in [0.15, 0.2) is 11.5 Å². The second kappa shape index (κ2) is 6.86. The summed E-state index contributed by atoms with van der Waals surface area (Å²) >= 11 is 0. The molecule has 1 saturated carbocycles. The van der Waals surface area contributed by atoms with E-state index in [1.165, 1.54) is 18.5 Å². The highest BCUT2D eigenvalue weighted by Crippen LogP contribution is 2.39. The molecule has 7 heteroatoms. The smallest absolute Gasteiger partial charge is 0.222 e. The van der Waals surface area contributed by atoms with Crippen LogP contribution >= 0.6 is 0 Å². The summed E-state index contributed by atoms with van der Waals surface area (Å²) in [5.41, 5.74) is 2.05. The van der Waals surface area contributed by atoms with Gasteiger partial charge in [-0.2, -0.15) is 9.61 Å². The van der Waals surface area contributed by atoms with Crippen LogP contribution in [-0.2, 0) is 4.79 Å². The van der Waals surface area contributed by atoms with Crippen molar-refractivity contribution in [3.05, 3.63) is 23.7 Å². The van der Waals surface area contributed by atoms with E-state index in [-0.39, 0.29) is 0 Å². The van der Waals surface area contributed by atoms with Crippen LogP contribution < -0.4 is 0 Å². The third-order valence-corrected chi connectivity index (χ3v) is 6.59. The first-order valence-corrected chi connectivity index (χ1v) is 10.4. The van der Waals surface area contributed by atoms with Crippen molar-refractivity contribution >= 4 is 11.6 Å². The summed E-state index contributed by atoms with van der Waals surface area (Å²) in [7, 11) is 1.96. The summed E-state index contributed by atoms with van der Waals surface area (Å²) in [5.74, 6) is 2.39. The Balaban J connectivity index is 1.25. The Morgan fingerprint density at radius 1 is 1.04 bits per heavy atom. The molecule has 1 atom stereocenters. The zero-order chi connectivity index (χ0) is 18.4. The van der Waals surface area contributed by atoms with E-state index in [0.29, 0.717) is 30.2 Å². The molecule has 27 heavy (non-hydrogen) atoms. The first-order valence-electron chi connectivity index (χ1n) is 10.4. The number of hydrogen-bond acceptors (Lipinski definition) is 5. The van der Waals surface area contributed by atoms with E-state index in [1.54, 1.807) is 0 Å². The van der Waals surface area contributed by atoms with Gasteiger partial charge in [-0.1, -0.05) is 0 Å². The molecule has 7 nitrogen and oxygen atoms in total. The van der Waals surface area contributed by atoms with Crippen LogP contribution in [0.25, 0.3) is 5.65 Å². The summed E-state index contributed by atoms with van der Waals surface area (Å²) < 4.78 is 1.99. The number of carbonyl (C=O) groups excluding carboxylic acids is 1. The lowest BCUT2D eigenvalue weighted by molar-refractivity contribution is -0.135. The molecule has 2 aromatic rings. The summed E-state index contributed by atoms with van der Waals surface area (Å²) in [4.78, 5) is 16.4. The number of nitrogens with zero attached hydrogens (tertiary/aromatic N) is 6. The summed E-state index contributed by atoms with van der Waals surface area (Å²) in [5, 5.41) is 13.7. The standard InChI is InChI=1S/C20H28N6O/c1-24-16(3-2-4-19(24)27)13-25-11-9-15(10-12-25)20-22-21-18-8-7-17(14-5-6-14)23-26(18)20/h7-8,14-16H,2-6,9-13H2,1H3. The molecule has 4 heterocycles. The third-order valence-electron chi connectivity index (χ3n) is 6.59. The molecule has 2 aliphatic heterocycles.